The van der Waals surface area contributed by atoms with Crippen molar-refractivity contribution in [1.82, 2.24) is 5.43 Å². The largest absolute Gasteiger partial charge is 0.497 e. The van der Waals surface area contributed by atoms with Crippen LogP contribution in [0.3, 0.4) is 0 Å². The molecule has 0 fully saturated rings. The van der Waals surface area contributed by atoms with Gasteiger partial charge < -0.3 is 15.4 Å². The predicted octanol–water partition coefficient (Wildman–Crippen LogP) is 0.985. The van der Waals surface area contributed by atoms with Gasteiger partial charge in [-0.25, -0.2) is 13.6 Å². The standard InChI is InChI=1S/C16H15N5O4S2/c1-25-10-4-7-13-12(8-10)14(15(22)19-13)20-21-16(26)18-9-2-5-11(6-3-9)27(17,23)24/h2-8H,1H3,(H2,17,23,24)(H2,18,21,26)(H,19,20,22). The van der Waals surface area contributed by atoms with Gasteiger partial charge in [-0.2, -0.15) is 5.10 Å². The number of nitrogens with two attached hydrogens (primary N) is 1. The third-order valence-corrected chi connectivity index (χ3v) is 4.78. The predicted molar refractivity (Wildman–Crippen MR) is 105 cm³/mol. The number of nitrogens with one attached hydrogen (secondary N) is 3. The number of anilines is 2. The SMILES string of the molecule is COc1ccc2c(c1)C(=NNC(=S)Nc1ccc(S(N)(=O)=O)cc1)C(=O)N2. The van der Waals surface area contributed by atoms with Gasteiger partial charge in [-0.15, -0.1) is 0 Å². The Morgan fingerprint density at radius 2 is 1.93 bits per heavy atom. The molecule has 9 nitrogen and oxygen atoms in total. The second-order valence-electron chi connectivity index (χ2n) is 5.46. The molecule has 0 bridgehead atoms. The Labute approximate surface area is 160 Å². The van der Waals surface area contributed by atoms with Crippen molar-refractivity contribution in [2.75, 3.05) is 17.7 Å². The van der Waals surface area contributed by atoms with E-state index in [0.29, 0.717) is 22.7 Å². The zero-order valence-electron chi connectivity index (χ0n) is 14.0. The van der Waals surface area contributed by atoms with Crippen molar-refractivity contribution in [3.8, 4) is 5.75 Å². The van der Waals surface area contributed by atoms with E-state index in [4.69, 9.17) is 22.1 Å². The molecule has 0 spiro atoms. The summed E-state index contributed by atoms with van der Waals surface area (Å²) in [4.78, 5) is 12.1. The quantitative estimate of drug-likeness (QED) is 0.440. The van der Waals surface area contributed by atoms with Crippen LogP contribution in [0, 0.1) is 0 Å². The number of carbonyl (C=O) groups excluding carboxylic acids is 1. The maximum absolute atomic E-state index is 12.1. The van der Waals surface area contributed by atoms with Crippen LogP contribution in [0.4, 0.5) is 11.4 Å². The minimum atomic E-state index is -3.76. The highest BCUT2D eigenvalue weighted by molar-refractivity contribution is 7.89. The van der Waals surface area contributed by atoms with E-state index in [-0.39, 0.29) is 21.6 Å². The molecule has 27 heavy (non-hydrogen) atoms. The fourth-order valence-corrected chi connectivity index (χ4v) is 3.04. The van der Waals surface area contributed by atoms with Crippen molar-refractivity contribution in [3.05, 3.63) is 48.0 Å². The van der Waals surface area contributed by atoms with Gasteiger partial charge in [0.25, 0.3) is 5.91 Å². The van der Waals surface area contributed by atoms with E-state index in [1.54, 1.807) is 18.2 Å². The highest BCUT2D eigenvalue weighted by atomic mass is 32.2. The van der Waals surface area contributed by atoms with E-state index in [1.165, 1.54) is 31.4 Å². The van der Waals surface area contributed by atoms with E-state index in [9.17, 15) is 13.2 Å². The molecule has 0 saturated carbocycles. The third kappa shape index (κ3) is 4.22. The lowest BCUT2D eigenvalue weighted by atomic mass is 10.1. The smallest absolute Gasteiger partial charge is 0.276 e. The lowest BCUT2D eigenvalue weighted by molar-refractivity contribution is -0.110. The summed E-state index contributed by atoms with van der Waals surface area (Å²) in [7, 11) is -2.23. The molecule has 140 valence electrons. The molecule has 3 rings (SSSR count). The van der Waals surface area contributed by atoms with Gasteiger partial charge in [0.1, 0.15) is 5.75 Å². The van der Waals surface area contributed by atoms with E-state index in [1.807, 2.05) is 0 Å². The number of rotatable bonds is 4. The minimum absolute atomic E-state index is 0.0136. The summed E-state index contributed by atoms with van der Waals surface area (Å²) in [5.41, 5.74) is 4.49. The van der Waals surface area contributed by atoms with Crippen LogP contribution in [0.1, 0.15) is 5.56 Å². The van der Waals surface area contributed by atoms with Gasteiger partial charge in [0.2, 0.25) is 10.0 Å². The molecule has 11 heteroatoms. The van der Waals surface area contributed by atoms with Crippen molar-refractivity contribution >= 4 is 50.3 Å². The monoisotopic (exact) mass is 405 g/mol. The first-order chi connectivity index (χ1) is 12.8. The number of thiocarbonyl (C=S) groups is 1. The van der Waals surface area contributed by atoms with Crippen molar-refractivity contribution in [3.63, 3.8) is 0 Å². The van der Waals surface area contributed by atoms with Crippen LogP contribution in [-0.2, 0) is 14.8 Å². The number of hydrazone groups is 1. The number of methoxy groups -OCH3 is 1. The Bertz CT molecular complexity index is 1050. The van der Waals surface area contributed by atoms with Crippen LogP contribution in [-0.4, -0.2) is 32.3 Å². The van der Waals surface area contributed by atoms with E-state index in [2.05, 4.69) is 21.2 Å². The van der Waals surface area contributed by atoms with Gasteiger partial charge in [0.15, 0.2) is 10.8 Å². The molecule has 2 aromatic rings. The van der Waals surface area contributed by atoms with Crippen LogP contribution < -0.4 is 25.9 Å². The summed E-state index contributed by atoms with van der Waals surface area (Å²) < 4.78 is 27.7. The molecule has 0 atom stereocenters. The van der Waals surface area contributed by atoms with Gasteiger partial charge >= 0.3 is 0 Å². The topological polar surface area (TPSA) is 135 Å². The molecule has 0 aliphatic carbocycles. The lowest BCUT2D eigenvalue weighted by Gasteiger charge is -2.08. The maximum Gasteiger partial charge on any atom is 0.276 e. The molecule has 0 radical (unpaired) electrons. The Morgan fingerprint density at radius 3 is 2.56 bits per heavy atom. The number of fused-ring (bicyclic) bond motifs is 1. The molecule has 5 N–H and O–H groups in total. The van der Waals surface area contributed by atoms with Gasteiger partial charge in [0.05, 0.1) is 17.7 Å². The van der Waals surface area contributed by atoms with Crippen LogP contribution in [0.25, 0.3) is 0 Å². The number of sulfonamides is 1. The van der Waals surface area contributed by atoms with Crippen LogP contribution in [0.15, 0.2) is 52.5 Å². The average Bonchev–Trinajstić information content (AvgIpc) is 2.94. The Balaban J connectivity index is 1.71. The zero-order chi connectivity index (χ0) is 19.6. The molecule has 0 unspecified atom stereocenters. The molecule has 2 aromatic carbocycles. The molecular weight excluding hydrogens is 390 g/mol. The number of amides is 1. The van der Waals surface area contributed by atoms with Gasteiger partial charge in [-0.3, -0.25) is 10.2 Å². The first-order valence-corrected chi connectivity index (χ1v) is 9.50. The molecule has 1 amide bonds. The number of benzene rings is 2. The first-order valence-electron chi connectivity index (χ1n) is 7.55. The Kier molecular flexibility index (Phi) is 5.08. The third-order valence-electron chi connectivity index (χ3n) is 3.66. The van der Waals surface area contributed by atoms with Crippen molar-refractivity contribution in [1.29, 1.82) is 0 Å². The first kappa shape index (κ1) is 18.8. The molecule has 1 aliphatic heterocycles. The second-order valence-corrected chi connectivity index (χ2v) is 7.43. The fourth-order valence-electron chi connectivity index (χ4n) is 2.36. The summed E-state index contributed by atoms with van der Waals surface area (Å²) in [5.74, 6) is 0.222. The number of ether oxygens (including phenoxy) is 1. The van der Waals surface area contributed by atoms with Crippen LogP contribution >= 0.6 is 12.2 Å². The summed E-state index contributed by atoms with van der Waals surface area (Å²) in [6.07, 6.45) is 0. The average molecular weight is 405 g/mol. The van der Waals surface area contributed by atoms with Crippen LogP contribution in [0.5, 0.6) is 5.75 Å². The number of primary sulfonamides is 1. The highest BCUT2D eigenvalue weighted by Gasteiger charge is 2.26. The highest BCUT2D eigenvalue weighted by Crippen LogP contribution is 2.27. The molecule has 1 heterocycles. The molecule has 0 aromatic heterocycles. The summed E-state index contributed by atoms with van der Waals surface area (Å²) in [5, 5.41) is 14.7. The second kappa shape index (κ2) is 7.31. The Hall–Kier alpha value is -3.02. The molecule has 1 aliphatic rings. The Morgan fingerprint density at radius 1 is 1.22 bits per heavy atom. The number of nitrogens with zero attached hydrogens (tertiary/aromatic N) is 1. The molecular formula is C16H15N5O4S2. The summed E-state index contributed by atoms with van der Waals surface area (Å²) in [6.45, 7) is 0. The van der Waals surface area contributed by atoms with Gasteiger partial charge in [-0.1, -0.05) is 0 Å². The number of hydrogen-bond donors (Lipinski definition) is 4. The minimum Gasteiger partial charge on any atom is -0.497 e. The number of carbonyl (C=O) groups is 1. The number of hydrogen-bond acceptors (Lipinski definition) is 6. The normalized spacial score (nSPS) is 14.4. The summed E-state index contributed by atoms with van der Waals surface area (Å²) in [6, 6.07) is 10.8. The van der Waals surface area contributed by atoms with Gasteiger partial charge in [-0.05, 0) is 54.7 Å². The maximum atomic E-state index is 12.1. The van der Waals surface area contributed by atoms with Crippen LogP contribution in [0.2, 0.25) is 0 Å². The van der Waals surface area contributed by atoms with Crippen molar-refractivity contribution in [2.24, 2.45) is 10.2 Å². The van der Waals surface area contributed by atoms with E-state index >= 15 is 0 Å². The fraction of sp³-hybridized carbons (Fsp3) is 0.0625. The summed E-state index contributed by atoms with van der Waals surface area (Å²) >= 11 is 5.13. The zero-order valence-corrected chi connectivity index (χ0v) is 15.6. The van der Waals surface area contributed by atoms with Crippen molar-refractivity contribution < 1.29 is 17.9 Å². The van der Waals surface area contributed by atoms with E-state index < -0.39 is 10.0 Å². The van der Waals surface area contributed by atoms with Crippen molar-refractivity contribution in [2.45, 2.75) is 4.90 Å². The van der Waals surface area contributed by atoms with E-state index in [0.717, 1.165) is 0 Å². The molecule has 0 saturated heterocycles. The van der Waals surface area contributed by atoms with Gasteiger partial charge in [0, 0.05) is 11.3 Å². The lowest BCUT2D eigenvalue weighted by Crippen LogP contribution is -2.27.